The highest BCUT2D eigenvalue weighted by molar-refractivity contribution is 5.20. The molecule has 1 heterocycles. The molecular formula is C11H15N. The molecule has 0 spiro atoms. The zero-order chi connectivity index (χ0) is 7.97. The fraction of sp³-hybridized carbons (Fsp3) is 0.636. The minimum atomic E-state index is 0.856. The van der Waals surface area contributed by atoms with E-state index in [1.165, 1.54) is 19.5 Å². The molecule has 1 heteroatoms. The Hall–Kier alpha value is -0.560. The maximum absolute atomic E-state index is 3.54. The lowest BCUT2D eigenvalue weighted by molar-refractivity contribution is 0.361. The molecule has 0 aromatic heterocycles. The SMILES string of the molecule is C1=CC2C3CNCC(C3)C2C=C1. The molecule has 2 aliphatic carbocycles. The van der Waals surface area contributed by atoms with Crippen molar-refractivity contribution in [2.24, 2.45) is 23.7 Å². The van der Waals surface area contributed by atoms with Gasteiger partial charge in [0, 0.05) is 0 Å². The Balaban J connectivity index is 1.95. The van der Waals surface area contributed by atoms with Gasteiger partial charge in [0.1, 0.15) is 0 Å². The fourth-order valence-corrected chi connectivity index (χ4v) is 3.18. The van der Waals surface area contributed by atoms with E-state index < -0.39 is 0 Å². The van der Waals surface area contributed by atoms with Crippen LogP contribution < -0.4 is 5.32 Å². The highest BCUT2D eigenvalue weighted by Gasteiger charge is 2.42. The summed E-state index contributed by atoms with van der Waals surface area (Å²) in [6.45, 7) is 2.49. The minimum Gasteiger partial charge on any atom is -0.316 e. The van der Waals surface area contributed by atoms with Crippen molar-refractivity contribution in [2.45, 2.75) is 6.42 Å². The molecule has 0 aromatic carbocycles. The Morgan fingerprint density at radius 1 is 0.917 bits per heavy atom. The number of piperidine rings is 1. The minimum absolute atomic E-state index is 0.856. The first-order valence-corrected chi connectivity index (χ1v) is 5.01. The zero-order valence-corrected chi connectivity index (χ0v) is 7.24. The molecule has 2 bridgehead atoms. The van der Waals surface area contributed by atoms with Gasteiger partial charge < -0.3 is 5.32 Å². The Morgan fingerprint density at radius 2 is 1.50 bits per heavy atom. The van der Waals surface area contributed by atoms with Crippen molar-refractivity contribution in [3.05, 3.63) is 24.3 Å². The van der Waals surface area contributed by atoms with Crippen LogP contribution in [-0.2, 0) is 0 Å². The molecule has 64 valence electrons. The van der Waals surface area contributed by atoms with Crippen LogP contribution in [0, 0.1) is 23.7 Å². The Morgan fingerprint density at radius 3 is 2.08 bits per heavy atom. The molecule has 0 amide bonds. The topological polar surface area (TPSA) is 12.0 Å². The normalized spacial score (nSPS) is 49.3. The second-order valence-corrected chi connectivity index (χ2v) is 4.34. The van der Waals surface area contributed by atoms with Crippen LogP contribution in [0.4, 0.5) is 0 Å². The predicted octanol–water partition coefficient (Wildman–Crippen LogP) is 1.58. The van der Waals surface area contributed by atoms with E-state index in [-0.39, 0.29) is 0 Å². The van der Waals surface area contributed by atoms with Gasteiger partial charge >= 0.3 is 0 Å². The van der Waals surface area contributed by atoms with Crippen LogP contribution in [0.2, 0.25) is 0 Å². The Bertz CT molecular complexity index is 217. The van der Waals surface area contributed by atoms with Gasteiger partial charge in [0.2, 0.25) is 0 Å². The molecule has 0 radical (unpaired) electrons. The first-order valence-electron chi connectivity index (χ1n) is 5.01. The van der Waals surface area contributed by atoms with Gasteiger partial charge in [0.05, 0.1) is 0 Å². The third-order valence-electron chi connectivity index (χ3n) is 3.73. The van der Waals surface area contributed by atoms with Crippen LogP contribution in [0.1, 0.15) is 6.42 Å². The average molecular weight is 161 g/mol. The summed E-state index contributed by atoms with van der Waals surface area (Å²) in [5.74, 6) is 3.56. The Labute approximate surface area is 73.5 Å². The van der Waals surface area contributed by atoms with Crippen LogP contribution in [0.25, 0.3) is 0 Å². The largest absolute Gasteiger partial charge is 0.316 e. The smallest absolute Gasteiger partial charge is 0.00144 e. The number of hydrogen-bond donors (Lipinski definition) is 1. The molecule has 2 fully saturated rings. The van der Waals surface area contributed by atoms with Crippen LogP contribution in [-0.4, -0.2) is 13.1 Å². The van der Waals surface area contributed by atoms with Crippen molar-refractivity contribution in [3.63, 3.8) is 0 Å². The molecule has 1 nitrogen and oxygen atoms in total. The Kier molecular flexibility index (Phi) is 1.42. The second kappa shape index (κ2) is 2.46. The van der Waals surface area contributed by atoms with Gasteiger partial charge in [-0.15, -0.1) is 0 Å². The maximum Gasteiger partial charge on any atom is -0.00144 e. The molecule has 0 aromatic rings. The lowest BCUT2D eigenvalue weighted by atomic mass is 9.85. The van der Waals surface area contributed by atoms with Gasteiger partial charge in [-0.05, 0) is 43.2 Å². The van der Waals surface area contributed by atoms with E-state index in [0.29, 0.717) is 0 Å². The lowest BCUT2D eigenvalue weighted by Gasteiger charge is -2.20. The summed E-state index contributed by atoms with van der Waals surface area (Å²) in [6, 6.07) is 0. The summed E-state index contributed by atoms with van der Waals surface area (Å²) in [5, 5.41) is 3.54. The average Bonchev–Trinajstić information content (AvgIpc) is 2.41. The second-order valence-electron chi connectivity index (χ2n) is 4.34. The summed E-state index contributed by atoms with van der Waals surface area (Å²) >= 11 is 0. The molecule has 4 atom stereocenters. The number of hydrogen-bond acceptors (Lipinski definition) is 1. The quantitative estimate of drug-likeness (QED) is 0.569. The summed E-state index contributed by atoms with van der Waals surface area (Å²) in [4.78, 5) is 0. The monoisotopic (exact) mass is 161 g/mol. The molecule has 4 unspecified atom stereocenters. The molecule has 1 saturated heterocycles. The van der Waals surface area contributed by atoms with E-state index in [1.807, 2.05) is 0 Å². The lowest BCUT2D eigenvalue weighted by Crippen LogP contribution is -2.31. The zero-order valence-electron chi connectivity index (χ0n) is 7.24. The molecule has 1 saturated carbocycles. The van der Waals surface area contributed by atoms with E-state index in [0.717, 1.165) is 23.7 Å². The number of rotatable bonds is 0. The predicted molar refractivity (Wildman–Crippen MR) is 49.7 cm³/mol. The molecule has 3 aliphatic rings. The molecule has 1 aliphatic heterocycles. The van der Waals surface area contributed by atoms with E-state index in [1.54, 1.807) is 0 Å². The molecular weight excluding hydrogens is 146 g/mol. The van der Waals surface area contributed by atoms with Crippen molar-refractivity contribution < 1.29 is 0 Å². The number of nitrogens with one attached hydrogen (secondary N) is 1. The summed E-state index contributed by atoms with van der Waals surface area (Å²) in [5.41, 5.74) is 0. The molecule has 3 rings (SSSR count). The highest BCUT2D eigenvalue weighted by Crippen LogP contribution is 2.45. The van der Waals surface area contributed by atoms with Crippen LogP contribution in [0.15, 0.2) is 24.3 Å². The highest BCUT2D eigenvalue weighted by atomic mass is 14.9. The van der Waals surface area contributed by atoms with Gasteiger partial charge in [0.25, 0.3) is 0 Å². The summed E-state index contributed by atoms with van der Waals surface area (Å²) < 4.78 is 0. The molecule has 12 heavy (non-hydrogen) atoms. The van der Waals surface area contributed by atoms with Gasteiger partial charge in [-0.25, -0.2) is 0 Å². The number of allylic oxidation sites excluding steroid dienone is 4. The van der Waals surface area contributed by atoms with Crippen LogP contribution >= 0.6 is 0 Å². The van der Waals surface area contributed by atoms with Gasteiger partial charge in [0.15, 0.2) is 0 Å². The first kappa shape index (κ1) is 6.90. The van der Waals surface area contributed by atoms with Crippen molar-refractivity contribution >= 4 is 0 Å². The maximum atomic E-state index is 3.54. The van der Waals surface area contributed by atoms with E-state index in [9.17, 15) is 0 Å². The third kappa shape index (κ3) is 0.831. The van der Waals surface area contributed by atoms with Crippen molar-refractivity contribution in [1.82, 2.24) is 5.32 Å². The summed E-state index contributed by atoms with van der Waals surface area (Å²) in [7, 11) is 0. The number of fused-ring (bicyclic) bond motifs is 5. The van der Waals surface area contributed by atoms with E-state index in [4.69, 9.17) is 0 Å². The third-order valence-corrected chi connectivity index (χ3v) is 3.73. The van der Waals surface area contributed by atoms with Crippen molar-refractivity contribution in [3.8, 4) is 0 Å². The molecule has 1 N–H and O–H groups in total. The van der Waals surface area contributed by atoms with E-state index >= 15 is 0 Å². The van der Waals surface area contributed by atoms with Crippen LogP contribution in [0.3, 0.4) is 0 Å². The van der Waals surface area contributed by atoms with Gasteiger partial charge in [-0.2, -0.15) is 0 Å². The standard InChI is InChI=1S/C11H15N/c1-2-4-11-9-5-8(6-12-7-9)10(11)3-1/h1-4,8-12H,5-7H2. The van der Waals surface area contributed by atoms with Crippen molar-refractivity contribution in [2.75, 3.05) is 13.1 Å². The fourth-order valence-electron chi connectivity index (χ4n) is 3.18. The van der Waals surface area contributed by atoms with Crippen molar-refractivity contribution in [1.29, 1.82) is 0 Å². The van der Waals surface area contributed by atoms with Gasteiger partial charge in [-0.3, -0.25) is 0 Å². The first-order chi connectivity index (χ1) is 5.95. The summed E-state index contributed by atoms with van der Waals surface area (Å²) in [6.07, 6.45) is 10.7. The van der Waals surface area contributed by atoms with Gasteiger partial charge in [-0.1, -0.05) is 24.3 Å². The van der Waals surface area contributed by atoms with Crippen LogP contribution in [0.5, 0.6) is 0 Å². The van der Waals surface area contributed by atoms with E-state index in [2.05, 4.69) is 29.6 Å².